The van der Waals surface area contributed by atoms with Crippen LogP contribution in [0.4, 0.5) is 13.6 Å². The van der Waals surface area contributed by atoms with Crippen LogP contribution in [-0.4, -0.2) is 59.0 Å². The molecule has 0 radical (unpaired) electrons. The fourth-order valence-corrected chi connectivity index (χ4v) is 3.22. The van der Waals surface area contributed by atoms with Crippen LogP contribution in [0.2, 0.25) is 0 Å². The van der Waals surface area contributed by atoms with E-state index in [1.165, 1.54) is 24.3 Å². The van der Waals surface area contributed by atoms with Gasteiger partial charge >= 0.3 is 12.1 Å². The van der Waals surface area contributed by atoms with Gasteiger partial charge in [-0.1, -0.05) is 17.2 Å². The molecule has 0 bridgehead atoms. The van der Waals surface area contributed by atoms with Gasteiger partial charge in [-0.05, 0) is 32.9 Å². The van der Waals surface area contributed by atoms with Crippen LogP contribution in [0.5, 0.6) is 0 Å². The first-order valence-corrected chi connectivity index (χ1v) is 8.95. The summed E-state index contributed by atoms with van der Waals surface area (Å²) in [4.78, 5) is 55.2. The van der Waals surface area contributed by atoms with Crippen molar-refractivity contribution in [1.29, 1.82) is 0 Å². The molecular weight excluding hydrogens is 390 g/mol. The van der Waals surface area contributed by atoms with Crippen molar-refractivity contribution in [3.05, 3.63) is 35.4 Å². The lowest BCUT2D eigenvalue weighted by molar-refractivity contribution is -0.176. The summed E-state index contributed by atoms with van der Waals surface area (Å²) in [6.45, 7) is 4.10. The number of carbonyl (C=O) groups excluding carboxylic acids is 4. The van der Waals surface area contributed by atoms with E-state index in [0.717, 1.165) is 4.90 Å². The molecule has 0 saturated carbocycles. The van der Waals surface area contributed by atoms with Crippen LogP contribution in [0.15, 0.2) is 24.3 Å². The van der Waals surface area contributed by atoms with E-state index in [9.17, 15) is 28.0 Å². The fraction of sp³-hybridized carbons (Fsp3) is 0.474. The third-order valence-corrected chi connectivity index (χ3v) is 4.58. The van der Waals surface area contributed by atoms with E-state index in [4.69, 9.17) is 9.57 Å². The Balaban J connectivity index is 1.73. The van der Waals surface area contributed by atoms with Crippen LogP contribution in [-0.2, 0) is 14.4 Å². The summed E-state index contributed by atoms with van der Waals surface area (Å²) in [6, 6.07) is 5.87. The Kier molecular flexibility index (Phi) is 5.29. The zero-order valence-corrected chi connectivity index (χ0v) is 16.1. The predicted molar refractivity (Wildman–Crippen MR) is 93.8 cm³/mol. The molecule has 3 amide bonds. The number of fused-ring (bicyclic) bond motifs is 1. The van der Waals surface area contributed by atoms with E-state index in [0.29, 0.717) is 0 Å². The molecule has 156 valence electrons. The number of hydrogen-bond donors (Lipinski definition) is 0. The largest absolute Gasteiger partial charge is 0.444 e. The first-order valence-electron chi connectivity index (χ1n) is 8.95. The monoisotopic (exact) mass is 410 g/mol. The van der Waals surface area contributed by atoms with Gasteiger partial charge in [0.15, 0.2) is 0 Å². The van der Waals surface area contributed by atoms with Crippen molar-refractivity contribution < 1.29 is 37.5 Å². The third-order valence-electron chi connectivity index (χ3n) is 4.58. The smallest absolute Gasteiger partial charge is 0.410 e. The fourth-order valence-electron chi connectivity index (χ4n) is 3.22. The van der Waals surface area contributed by atoms with Gasteiger partial charge in [0.25, 0.3) is 11.8 Å². The molecule has 2 aliphatic rings. The zero-order valence-electron chi connectivity index (χ0n) is 16.1. The highest BCUT2D eigenvalue weighted by atomic mass is 19.3. The van der Waals surface area contributed by atoms with Crippen LogP contribution in [0.1, 0.15) is 41.5 Å². The molecule has 0 aliphatic carbocycles. The van der Waals surface area contributed by atoms with Crippen molar-refractivity contribution in [3.63, 3.8) is 0 Å². The molecule has 1 aromatic carbocycles. The maximum atomic E-state index is 13.5. The third kappa shape index (κ3) is 4.06. The van der Waals surface area contributed by atoms with Crippen LogP contribution < -0.4 is 0 Å². The van der Waals surface area contributed by atoms with Crippen molar-refractivity contribution >= 4 is 23.9 Å². The quantitative estimate of drug-likeness (QED) is 0.711. The molecule has 1 fully saturated rings. The van der Waals surface area contributed by atoms with Gasteiger partial charge in [-0.3, -0.25) is 9.59 Å². The summed E-state index contributed by atoms with van der Waals surface area (Å²) >= 11 is 0. The SMILES string of the molecule is CC(C)(C)OC(=O)N1C[C@H](C(=O)ON2C(=O)c3ccccc3C2=O)[C@@H](C(F)F)C1. The van der Waals surface area contributed by atoms with Gasteiger partial charge in [0.1, 0.15) is 5.60 Å². The van der Waals surface area contributed by atoms with Crippen molar-refractivity contribution in [2.45, 2.75) is 32.8 Å². The molecule has 0 aromatic heterocycles. The van der Waals surface area contributed by atoms with E-state index in [-0.39, 0.29) is 22.7 Å². The molecule has 2 heterocycles. The molecule has 0 unspecified atom stereocenters. The number of rotatable bonds is 3. The second-order valence-corrected chi connectivity index (χ2v) is 7.85. The molecule has 29 heavy (non-hydrogen) atoms. The number of imide groups is 1. The van der Waals surface area contributed by atoms with E-state index < -0.39 is 54.3 Å². The predicted octanol–water partition coefficient (Wildman–Crippen LogP) is 2.49. The lowest BCUT2D eigenvalue weighted by atomic mass is 9.97. The minimum atomic E-state index is -2.91. The average molecular weight is 410 g/mol. The molecule has 0 spiro atoms. The van der Waals surface area contributed by atoms with E-state index in [2.05, 4.69) is 0 Å². The number of benzene rings is 1. The molecular formula is C19H20F2N2O6. The summed E-state index contributed by atoms with van der Waals surface area (Å²) in [5.74, 6) is -5.81. The van der Waals surface area contributed by atoms with Crippen molar-refractivity contribution in [2.24, 2.45) is 11.8 Å². The molecule has 10 heteroatoms. The van der Waals surface area contributed by atoms with Gasteiger partial charge in [-0.25, -0.2) is 18.4 Å². The van der Waals surface area contributed by atoms with Gasteiger partial charge in [0.2, 0.25) is 6.43 Å². The highest BCUT2D eigenvalue weighted by molar-refractivity contribution is 6.20. The Morgan fingerprint density at radius 2 is 1.62 bits per heavy atom. The highest BCUT2D eigenvalue weighted by Crippen LogP contribution is 2.32. The molecule has 2 atom stereocenters. The first kappa shape index (κ1) is 20.7. The van der Waals surface area contributed by atoms with Gasteiger partial charge < -0.3 is 14.5 Å². The summed E-state index contributed by atoms with van der Waals surface area (Å²) in [7, 11) is 0. The number of ether oxygens (including phenoxy) is 1. The highest BCUT2D eigenvalue weighted by Gasteiger charge is 2.48. The number of amides is 3. The summed E-state index contributed by atoms with van der Waals surface area (Å²) < 4.78 is 32.1. The molecule has 1 saturated heterocycles. The zero-order chi connectivity index (χ0) is 21.5. The number of carbonyl (C=O) groups is 4. The lowest BCUT2D eigenvalue weighted by Gasteiger charge is -2.24. The standard InChI is InChI=1S/C19H20F2N2O6/c1-19(2,3)28-18(27)22-8-12(14(20)21)13(9-22)17(26)29-23-15(24)10-6-4-5-7-11(10)16(23)25/h4-7,12-14H,8-9H2,1-3H3/t12-,13-/m0/s1. The van der Waals surface area contributed by atoms with Crippen LogP contribution in [0, 0.1) is 11.8 Å². The normalized spacial score (nSPS) is 21.6. The molecule has 2 aliphatic heterocycles. The van der Waals surface area contributed by atoms with Crippen LogP contribution in [0.25, 0.3) is 0 Å². The lowest BCUT2D eigenvalue weighted by Crippen LogP contribution is -2.38. The van der Waals surface area contributed by atoms with Crippen LogP contribution in [0.3, 0.4) is 0 Å². The average Bonchev–Trinajstić information content (AvgIpc) is 3.17. The number of halogens is 2. The second-order valence-electron chi connectivity index (χ2n) is 7.85. The van der Waals surface area contributed by atoms with E-state index >= 15 is 0 Å². The summed E-state index contributed by atoms with van der Waals surface area (Å²) in [6.07, 6.45) is -3.75. The maximum Gasteiger partial charge on any atom is 0.410 e. The van der Waals surface area contributed by atoms with Crippen molar-refractivity contribution in [1.82, 2.24) is 9.96 Å². The number of hydroxylamine groups is 2. The number of hydrogen-bond acceptors (Lipinski definition) is 6. The van der Waals surface area contributed by atoms with Crippen molar-refractivity contribution in [2.75, 3.05) is 13.1 Å². The van der Waals surface area contributed by atoms with Gasteiger partial charge in [-0.2, -0.15) is 0 Å². The molecule has 3 rings (SSSR count). The molecule has 1 aromatic rings. The number of alkyl halides is 2. The number of likely N-dealkylation sites (tertiary alicyclic amines) is 1. The minimum absolute atomic E-state index is 0.0533. The second kappa shape index (κ2) is 7.41. The van der Waals surface area contributed by atoms with Gasteiger partial charge in [0.05, 0.1) is 23.0 Å². The van der Waals surface area contributed by atoms with Gasteiger partial charge in [-0.15, -0.1) is 0 Å². The Morgan fingerprint density at radius 3 is 2.10 bits per heavy atom. The molecule has 8 nitrogen and oxygen atoms in total. The Hall–Kier alpha value is -3.04. The Labute approximate surface area is 165 Å². The maximum absolute atomic E-state index is 13.5. The molecule has 0 N–H and O–H groups in total. The summed E-state index contributed by atoms with van der Waals surface area (Å²) in [5.41, 5.74) is -0.731. The summed E-state index contributed by atoms with van der Waals surface area (Å²) in [5, 5.41) is 0.270. The number of nitrogens with zero attached hydrogens (tertiary/aromatic N) is 2. The van der Waals surface area contributed by atoms with Crippen LogP contribution >= 0.6 is 0 Å². The Morgan fingerprint density at radius 1 is 1.07 bits per heavy atom. The van der Waals surface area contributed by atoms with Crippen molar-refractivity contribution in [3.8, 4) is 0 Å². The van der Waals surface area contributed by atoms with E-state index in [1.807, 2.05) is 0 Å². The minimum Gasteiger partial charge on any atom is -0.444 e. The first-order chi connectivity index (χ1) is 13.5. The van der Waals surface area contributed by atoms with E-state index in [1.54, 1.807) is 20.8 Å². The Bertz CT molecular complexity index is 832. The van der Waals surface area contributed by atoms with Gasteiger partial charge in [0, 0.05) is 13.1 Å². The topological polar surface area (TPSA) is 93.2 Å².